The first-order chi connectivity index (χ1) is 9.06. The molecule has 0 atom stereocenters. The number of hydrogen-bond donors (Lipinski definition) is 0. The number of nitrogens with zero attached hydrogens (tertiary/aromatic N) is 3. The fourth-order valence-corrected chi connectivity index (χ4v) is 2.88. The van der Waals surface area contributed by atoms with Gasteiger partial charge in [0.1, 0.15) is 5.78 Å². The minimum Gasteiger partial charge on any atom is -0.341 e. The van der Waals surface area contributed by atoms with Gasteiger partial charge in [0.2, 0.25) is 5.91 Å². The van der Waals surface area contributed by atoms with E-state index >= 15 is 0 Å². The highest BCUT2D eigenvalue weighted by Gasteiger charge is 2.25. The standard InChI is InChI=1S/C14H25N3O2/c1-15-7-3-12(4-8-15)16(2)11-14(19)17-9-5-13(18)6-10-17/h12H,3-11H2,1-2H3. The minimum absolute atomic E-state index is 0.175. The highest BCUT2D eigenvalue weighted by atomic mass is 16.2. The summed E-state index contributed by atoms with van der Waals surface area (Å²) in [4.78, 5) is 29.7. The molecule has 1 amide bonds. The number of amides is 1. The number of Topliss-reactive ketones (excluding diaryl/α,β-unsaturated/α-hetero) is 1. The zero-order valence-electron chi connectivity index (χ0n) is 12.1. The normalized spacial score (nSPS) is 23.1. The Morgan fingerprint density at radius 2 is 1.79 bits per heavy atom. The van der Waals surface area contributed by atoms with Crippen molar-refractivity contribution >= 4 is 11.7 Å². The lowest BCUT2D eigenvalue weighted by molar-refractivity contribution is -0.135. The number of likely N-dealkylation sites (tertiary alicyclic amines) is 2. The number of ketones is 1. The quantitative estimate of drug-likeness (QED) is 0.733. The maximum absolute atomic E-state index is 12.2. The fraction of sp³-hybridized carbons (Fsp3) is 0.857. The lowest BCUT2D eigenvalue weighted by Gasteiger charge is -2.36. The molecular formula is C14H25N3O2. The molecule has 0 aromatic heterocycles. The Morgan fingerprint density at radius 3 is 2.37 bits per heavy atom. The smallest absolute Gasteiger partial charge is 0.236 e. The fourth-order valence-electron chi connectivity index (χ4n) is 2.88. The number of hydrogen-bond acceptors (Lipinski definition) is 4. The van der Waals surface area contributed by atoms with Crippen LogP contribution < -0.4 is 0 Å². The summed E-state index contributed by atoms with van der Waals surface area (Å²) in [5.74, 6) is 0.460. The van der Waals surface area contributed by atoms with Crippen LogP contribution in [0, 0.1) is 0 Å². The van der Waals surface area contributed by atoms with Gasteiger partial charge >= 0.3 is 0 Å². The van der Waals surface area contributed by atoms with E-state index in [1.807, 2.05) is 11.9 Å². The SMILES string of the molecule is CN1CCC(N(C)CC(=O)N2CCC(=O)CC2)CC1. The summed E-state index contributed by atoms with van der Waals surface area (Å²) >= 11 is 0. The molecule has 0 aliphatic carbocycles. The summed E-state index contributed by atoms with van der Waals surface area (Å²) in [5.41, 5.74) is 0. The van der Waals surface area contributed by atoms with Crippen LogP contribution in [-0.4, -0.2) is 79.3 Å². The topological polar surface area (TPSA) is 43.9 Å². The molecule has 0 spiro atoms. The molecule has 5 heteroatoms. The molecule has 5 nitrogen and oxygen atoms in total. The molecule has 0 unspecified atom stereocenters. The predicted molar refractivity (Wildman–Crippen MR) is 74.0 cm³/mol. The number of rotatable bonds is 3. The first-order valence-corrected chi connectivity index (χ1v) is 7.24. The van der Waals surface area contributed by atoms with Crippen molar-refractivity contribution in [1.29, 1.82) is 0 Å². The van der Waals surface area contributed by atoms with Gasteiger partial charge in [-0.05, 0) is 40.0 Å². The van der Waals surface area contributed by atoms with Crippen molar-refractivity contribution in [2.75, 3.05) is 46.8 Å². The van der Waals surface area contributed by atoms with Crippen LogP contribution in [0.25, 0.3) is 0 Å². The van der Waals surface area contributed by atoms with Gasteiger partial charge in [-0.15, -0.1) is 0 Å². The molecule has 0 aromatic rings. The van der Waals surface area contributed by atoms with E-state index < -0.39 is 0 Å². The van der Waals surface area contributed by atoms with Gasteiger partial charge < -0.3 is 9.80 Å². The maximum atomic E-state index is 12.2. The van der Waals surface area contributed by atoms with Gasteiger partial charge in [0, 0.05) is 32.0 Å². The van der Waals surface area contributed by atoms with Gasteiger partial charge in [0.05, 0.1) is 6.54 Å². The zero-order chi connectivity index (χ0) is 13.8. The molecule has 2 aliphatic rings. The third-order valence-electron chi connectivity index (χ3n) is 4.37. The third kappa shape index (κ3) is 4.01. The second-order valence-corrected chi connectivity index (χ2v) is 5.87. The van der Waals surface area contributed by atoms with E-state index in [1.165, 1.54) is 0 Å². The third-order valence-corrected chi connectivity index (χ3v) is 4.37. The molecule has 2 saturated heterocycles. The van der Waals surface area contributed by atoms with E-state index in [2.05, 4.69) is 16.8 Å². The molecule has 19 heavy (non-hydrogen) atoms. The average Bonchev–Trinajstić information content (AvgIpc) is 2.40. The second-order valence-electron chi connectivity index (χ2n) is 5.87. The monoisotopic (exact) mass is 267 g/mol. The van der Waals surface area contributed by atoms with E-state index in [4.69, 9.17) is 0 Å². The molecule has 0 saturated carbocycles. The van der Waals surface area contributed by atoms with Crippen molar-refractivity contribution in [3.63, 3.8) is 0 Å². The van der Waals surface area contributed by atoms with Gasteiger partial charge in [-0.1, -0.05) is 0 Å². The Bertz CT molecular complexity index is 328. The number of carbonyl (C=O) groups is 2. The highest BCUT2D eigenvalue weighted by molar-refractivity contribution is 5.84. The van der Waals surface area contributed by atoms with Crippen LogP contribution in [0.2, 0.25) is 0 Å². The maximum Gasteiger partial charge on any atom is 0.236 e. The lowest BCUT2D eigenvalue weighted by Crippen LogP contribution is -2.48. The summed E-state index contributed by atoms with van der Waals surface area (Å²) < 4.78 is 0. The van der Waals surface area contributed by atoms with Crippen LogP contribution in [0.3, 0.4) is 0 Å². The van der Waals surface area contributed by atoms with Gasteiger partial charge in [0.25, 0.3) is 0 Å². The molecule has 108 valence electrons. The summed E-state index contributed by atoms with van der Waals surface area (Å²) in [5, 5.41) is 0. The molecule has 2 rings (SSSR count). The van der Waals surface area contributed by atoms with Crippen molar-refractivity contribution < 1.29 is 9.59 Å². The van der Waals surface area contributed by atoms with Crippen LogP contribution in [0.5, 0.6) is 0 Å². The molecular weight excluding hydrogens is 242 g/mol. The molecule has 2 fully saturated rings. The van der Waals surface area contributed by atoms with Crippen molar-refractivity contribution in [3.05, 3.63) is 0 Å². The Hall–Kier alpha value is -0.940. The van der Waals surface area contributed by atoms with E-state index in [-0.39, 0.29) is 11.7 Å². The Balaban J connectivity index is 1.76. The number of likely N-dealkylation sites (N-methyl/N-ethyl adjacent to an activating group) is 1. The van der Waals surface area contributed by atoms with Crippen LogP contribution >= 0.6 is 0 Å². The van der Waals surface area contributed by atoms with Gasteiger partial charge in [-0.2, -0.15) is 0 Å². The Morgan fingerprint density at radius 1 is 1.21 bits per heavy atom. The Kier molecular flexibility index (Phi) is 4.93. The largest absolute Gasteiger partial charge is 0.341 e. The average molecular weight is 267 g/mol. The highest BCUT2D eigenvalue weighted by Crippen LogP contribution is 2.14. The second kappa shape index (κ2) is 6.48. The van der Waals surface area contributed by atoms with Crippen molar-refractivity contribution in [2.45, 2.75) is 31.7 Å². The first kappa shape index (κ1) is 14.5. The van der Waals surface area contributed by atoms with E-state index in [0.29, 0.717) is 38.5 Å². The lowest BCUT2D eigenvalue weighted by atomic mass is 10.0. The molecule has 0 N–H and O–H groups in total. The molecule has 0 aromatic carbocycles. The summed E-state index contributed by atoms with van der Waals surface area (Å²) in [6.07, 6.45) is 3.34. The van der Waals surface area contributed by atoms with Crippen molar-refractivity contribution in [1.82, 2.24) is 14.7 Å². The van der Waals surface area contributed by atoms with E-state index in [1.54, 1.807) is 0 Å². The molecule has 0 bridgehead atoms. The van der Waals surface area contributed by atoms with Crippen molar-refractivity contribution in [2.24, 2.45) is 0 Å². The van der Waals surface area contributed by atoms with Crippen LogP contribution in [0.15, 0.2) is 0 Å². The molecule has 2 heterocycles. The van der Waals surface area contributed by atoms with E-state index in [9.17, 15) is 9.59 Å². The molecule has 2 aliphatic heterocycles. The van der Waals surface area contributed by atoms with Crippen LogP contribution in [-0.2, 0) is 9.59 Å². The first-order valence-electron chi connectivity index (χ1n) is 7.24. The van der Waals surface area contributed by atoms with E-state index in [0.717, 1.165) is 25.9 Å². The molecule has 0 radical (unpaired) electrons. The van der Waals surface area contributed by atoms with Crippen LogP contribution in [0.4, 0.5) is 0 Å². The predicted octanol–water partition coefficient (Wildman–Crippen LogP) is 0.204. The summed E-state index contributed by atoms with van der Waals surface area (Å²) in [6, 6.07) is 0.520. The van der Waals surface area contributed by atoms with Gasteiger partial charge in [-0.3, -0.25) is 14.5 Å². The van der Waals surface area contributed by atoms with Gasteiger partial charge in [-0.25, -0.2) is 0 Å². The van der Waals surface area contributed by atoms with Gasteiger partial charge in [0.15, 0.2) is 0 Å². The minimum atomic E-state index is 0.175. The summed E-state index contributed by atoms with van der Waals surface area (Å²) in [7, 11) is 4.19. The number of carbonyl (C=O) groups excluding carboxylic acids is 2. The summed E-state index contributed by atoms with van der Waals surface area (Å²) in [6.45, 7) is 3.93. The zero-order valence-corrected chi connectivity index (χ0v) is 12.1. The number of piperidine rings is 2. The van der Waals surface area contributed by atoms with Crippen LogP contribution in [0.1, 0.15) is 25.7 Å². The Labute approximate surface area is 115 Å². The van der Waals surface area contributed by atoms with Crippen molar-refractivity contribution in [3.8, 4) is 0 Å².